The highest BCUT2D eigenvalue weighted by molar-refractivity contribution is 7.19. The molecule has 0 atom stereocenters. The van der Waals surface area contributed by atoms with Crippen molar-refractivity contribution in [3.63, 3.8) is 0 Å². The van der Waals surface area contributed by atoms with E-state index in [4.69, 9.17) is 9.47 Å². The van der Waals surface area contributed by atoms with Crippen molar-refractivity contribution < 1.29 is 14.3 Å². The molecule has 0 saturated heterocycles. The molecule has 2 aromatic carbocycles. The molecule has 2 heterocycles. The van der Waals surface area contributed by atoms with Crippen LogP contribution >= 0.6 is 11.3 Å². The number of ether oxygens (including phenoxy) is 2. The maximum atomic E-state index is 12.5. The second-order valence-corrected chi connectivity index (χ2v) is 7.44. The number of nitrogens with one attached hydrogen (secondary N) is 1. The van der Waals surface area contributed by atoms with Gasteiger partial charge in [0.2, 0.25) is 4.96 Å². The lowest BCUT2D eigenvalue weighted by Gasteiger charge is -2.13. The van der Waals surface area contributed by atoms with Crippen LogP contribution in [0.3, 0.4) is 0 Å². The summed E-state index contributed by atoms with van der Waals surface area (Å²) in [6.07, 6.45) is 1.55. The van der Waals surface area contributed by atoms with E-state index in [1.807, 2.05) is 44.2 Å². The number of carbonyl (C=O) groups is 1. The van der Waals surface area contributed by atoms with Crippen molar-refractivity contribution in [2.45, 2.75) is 13.8 Å². The van der Waals surface area contributed by atoms with Gasteiger partial charge in [0.1, 0.15) is 22.8 Å². The summed E-state index contributed by atoms with van der Waals surface area (Å²) in [7, 11) is 1.56. The largest absolute Gasteiger partial charge is 0.495 e. The number of anilines is 1. The Morgan fingerprint density at radius 3 is 2.76 bits per heavy atom. The first-order chi connectivity index (χ1) is 14.0. The van der Waals surface area contributed by atoms with Crippen molar-refractivity contribution in [1.82, 2.24) is 19.8 Å². The average molecular weight is 409 g/mol. The van der Waals surface area contributed by atoms with Crippen LogP contribution in [0.1, 0.15) is 11.1 Å². The molecule has 0 spiro atoms. The Morgan fingerprint density at radius 2 is 2.00 bits per heavy atom. The molecule has 2 aromatic heterocycles. The van der Waals surface area contributed by atoms with E-state index in [2.05, 4.69) is 20.6 Å². The Balaban J connectivity index is 1.50. The molecule has 0 aliphatic carbocycles. The van der Waals surface area contributed by atoms with E-state index in [0.717, 1.165) is 21.7 Å². The SMILES string of the molecule is COc1ccc(-c2nn3cnnc3s2)cc1NC(=O)COc1ccc(C)cc1C. The normalized spacial score (nSPS) is 10.9. The van der Waals surface area contributed by atoms with E-state index in [-0.39, 0.29) is 12.5 Å². The predicted octanol–water partition coefficient (Wildman–Crippen LogP) is 3.50. The number of nitrogens with zero attached hydrogens (tertiary/aromatic N) is 4. The van der Waals surface area contributed by atoms with Gasteiger partial charge < -0.3 is 14.8 Å². The van der Waals surface area contributed by atoms with Crippen LogP contribution in [0.5, 0.6) is 11.5 Å². The van der Waals surface area contributed by atoms with Gasteiger partial charge >= 0.3 is 0 Å². The van der Waals surface area contributed by atoms with Gasteiger partial charge in [-0.05, 0) is 43.7 Å². The van der Waals surface area contributed by atoms with Crippen LogP contribution < -0.4 is 14.8 Å². The standard InChI is InChI=1S/C20H19N5O3S/c1-12-4-6-16(13(2)8-12)28-10-18(26)22-15-9-14(5-7-17(15)27-3)19-24-25-11-21-23-20(25)29-19/h4-9,11H,10H2,1-3H3,(H,22,26). The Morgan fingerprint density at radius 1 is 1.17 bits per heavy atom. The number of benzene rings is 2. The second-order valence-electron chi connectivity index (χ2n) is 6.49. The van der Waals surface area contributed by atoms with E-state index < -0.39 is 0 Å². The fraction of sp³-hybridized carbons (Fsp3) is 0.200. The number of amides is 1. The molecule has 0 bridgehead atoms. The molecule has 4 rings (SSSR count). The van der Waals surface area contributed by atoms with Gasteiger partial charge in [-0.25, -0.2) is 0 Å². The molecule has 148 valence electrons. The molecular formula is C20H19N5O3S. The summed E-state index contributed by atoms with van der Waals surface area (Å²) in [6, 6.07) is 11.3. The van der Waals surface area contributed by atoms with Gasteiger partial charge in [0, 0.05) is 5.56 Å². The number of hydrogen-bond acceptors (Lipinski definition) is 7. The first kappa shape index (κ1) is 18.9. The molecule has 0 fully saturated rings. The van der Waals surface area contributed by atoms with Crippen molar-refractivity contribution in [3.8, 4) is 22.1 Å². The number of methoxy groups -OCH3 is 1. The first-order valence-electron chi connectivity index (χ1n) is 8.88. The highest BCUT2D eigenvalue weighted by Gasteiger charge is 2.14. The summed E-state index contributed by atoms with van der Waals surface area (Å²) in [4.78, 5) is 13.1. The number of hydrogen-bond donors (Lipinski definition) is 1. The van der Waals surface area contributed by atoms with Crippen molar-refractivity contribution in [3.05, 3.63) is 53.9 Å². The highest BCUT2D eigenvalue weighted by atomic mass is 32.1. The lowest BCUT2D eigenvalue weighted by Crippen LogP contribution is -2.20. The van der Waals surface area contributed by atoms with Gasteiger partial charge in [0.05, 0.1) is 12.8 Å². The third-order valence-corrected chi connectivity index (χ3v) is 5.26. The molecule has 9 heteroatoms. The summed E-state index contributed by atoms with van der Waals surface area (Å²) in [5.41, 5.74) is 3.52. The molecule has 0 radical (unpaired) electrons. The molecule has 1 amide bonds. The van der Waals surface area contributed by atoms with Gasteiger partial charge in [-0.2, -0.15) is 9.61 Å². The van der Waals surface area contributed by atoms with E-state index in [9.17, 15) is 4.79 Å². The van der Waals surface area contributed by atoms with Crippen molar-refractivity contribution in [2.24, 2.45) is 0 Å². The third kappa shape index (κ3) is 4.04. The Bertz CT molecular complexity index is 1160. The van der Waals surface area contributed by atoms with Crippen LogP contribution in [0.4, 0.5) is 5.69 Å². The van der Waals surface area contributed by atoms with Crippen LogP contribution in [0.15, 0.2) is 42.7 Å². The molecular weight excluding hydrogens is 390 g/mol. The van der Waals surface area contributed by atoms with Crippen LogP contribution in [-0.2, 0) is 4.79 Å². The van der Waals surface area contributed by atoms with E-state index in [1.165, 1.54) is 11.3 Å². The van der Waals surface area contributed by atoms with Gasteiger partial charge in [0.25, 0.3) is 5.91 Å². The summed E-state index contributed by atoms with van der Waals surface area (Å²) < 4.78 is 12.6. The van der Waals surface area contributed by atoms with Gasteiger partial charge in [0.15, 0.2) is 6.61 Å². The predicted molar refractivity (Wildman–Crippen MR) is 111 cm³/mol. The van der Waals surface area contributed by atoms with Crippen LogP contribution in [0.2, 0.25) is 0 Å². The maximum absolute atomic E-state index is 12.5. The molecule has 8 nitrogen and oxygen atoms in total. The third-order valence-electron chi connectivity index (χ3n) is 4.30. The van der Waals surface area contributed by atoms with Gasteiger partial charge in [-0.3, -0.25) is 4.79 Å². The van der Waals surface area contributed by atoms with Gasteiger partial charge in [-0.1, -0.05) is 29.0 Å². The summed E-state index contributed by atoms with van der Waals surface area (Å²) in [5.74, 6) is 0.960. The highest BCUT2D eigenvalue weighted by Crippen LogP contribution is 2.32. The van der Waals surface area contributed by atoms with E-state index >= 15 is 0 Å². The van der Waals surface area contributed by atoms with Crippen LogP contribution in [0, 0.1) is 13.8 Å². The quantitative estimate of drug-likeness (QED) is 0.524. The second kappa shape index (κ2) is 7.88. The smallest absolute Gasteiger partial charge is 0.262 e. The molecule has 29 heavy (non-hydrogen) atoms. The maximum Gasteiger partial charge on any atom is 0.262 e. The zero-order valence-electron chi connectivity index (χ0n) is 16.2. The topological polar surface area (TPSA) is 90.6 Å². The molecule has 4 aromatic rings. The number of aryl methyl sites for hydroxylation is 2. The van der Waals surface area contributed by atoms with Gasteiger partial charge in [-0.15, -0.1) is 10.2 Å². The molecule has 0 saturated carbocycles. The van der Waals surface area contributed by atoms with E-state index in [1.54, 1.807) is 24.0 Å². The number of fused-ring (bicyclic) bond motifs is 1. The zero-order valence-corrected chi connectivity index (χ0v) is 17.0. The fourth-order valence-electron chi connectivity index (χ4n) is 2.91. The first-order valence-corrected chi connectivity index (χ1v) is 9.70. The fourth-order valence-corrected chi connectivity index (χ4v) is 3.72. The van der Waals surface area contributed by atoms with Crippen LogP contribution in [0.25, 0.3) is 15.5 Å². The minimum Gasteiger partial charge on any atom is -0.495 e. The monoisotopic (exact) mass is 409 g/mol. The van der Waals surface area contributed by atoms with E-state index in [0.29, 0.717) is 22.1 Å². The lowest BCUT2D eigenvalue weighted by atomic mass is 10.1. The number of aromatic nitrogens is 4. The summed E-state index contributed by atoms with van der Waals surface area (Å²) >= 11 is 1.41. The Labute approximate surface area is 171 Å². The lowest BCUT2D eigenvalue weighted by molar-refractivity contribution is -0.118. The summed E-state index contributed by atoms with van der Waals surface area (Å²) in [5, 5.41) is 15.9. The Kier molecular flexibility index (Phi) is 5.13. The molecule has 0 aliphatic rings. The summed E-state index contributed by atoms with van der Waals surface area (Å²) in [6.45, 7) is 3.86. The molecule has 0 aliphatic heterocycles. The number of rotatable bonds is 6. The van der Waals surface area contributed by atoms with Crippen LogP contribution in [-0.4, -0.2) is 39.4 Å². The zero-order chi connectivity index (χ0) is 20.4. The molecule has 0 unspecified atom stereocenters. The van der Waals surface area contributed by atoms with Crippen molar-refractivity contribution in [2.75, 3.05) is 19.0 Å². The Hall–Kier alpha value is -3.46. The number of carbonyl (C=O) groups excluding carboxylic acids is 1. The minimum atomic E-state index is -0.279. The van der Waals surface area contributed by atoms with Crippen molar-refractivity contribution >= 4 is 27.9 Å². The minimum absolute atomic E-state index is 0.103. The van der Waals surface area contributed by atoms with Crippen molar-refractivity contribution in [1.29, 1.82) is 0 Å². The average Bonchev–Trinajstić information content (AvgIpc) is 3.29. The molecule has 1 N–H and O–H groups in total.